The lowest BCUT2D eigenvalue weighted by Crippen LogP contribution is -2.50. The van der Waals surface area contributed by atoms with E-state index < -0.39 is 23.7 Å². The van der Waals surface area contributed by atoms with Gasteiger partial charge in [0.1, 0.15) is 18.0 Å². The van der Waals surface area contributed by atoms with Crippen LogP contribution >= 0.6 is 0 Å². The van der Waals surface area contributed by atoms with Crippen LogP contribution in [0.5, 0.6) is 5.75 Å². The first kappa shape index (κ1) is 17.8. The second-order valence-electron chi connectivity index (χ2n) is 5.74. The van der Waals surface area contributed by atoms with E-state index in [0.717, 1.165) is 4.90 Å². The van der Waals surface area contributed by atoms with Crippen LogP contribution in [0.15, 0.2) is 30.3 Å². The number of para-hydroxylation sites is 1. The van der Waals surface area contributed by atoms with Gasteiger partial charge in [0.15, 0.2) is 6.04 Å². The predicted octanol–water partition coefficient (Wildman–Crippen LogP) is 2.78. The predicted molar refractivity (Wildman–Crippen MR) is 82.0 cm³/mol. The first-order valence-corrected chi connectivity index (χ1v) is 7.15. The summed E-state index contributed by atoms with van der Waals surface area (Å²) in [5, 5.41) is 9.37. The van der Waals surface area contributed by atoms with Crippen LogP contribution in [-0.4, -0.2) is 46.9 Å². The van der Waals surface area contributed by atoms with Crippen LogP contribution in [0, 0.1) is 0 Å². The minimum atomic E-state index is -1.14. The molecule has 0 aliphatic heterocycles. The van der Waals surface area contributed by atoms with E-state index in [2.05, 4.69) is 0 Å². The van der Waals surface area contributed by atoms with Crippen LogP contribution in [0.3, 0.4) is 0 Å². The molecule has 122 valence electrons. The van der Waals surface area contributed by atoms with Crippen LogP contribution < -0.4 is 4.74 Å². The Morgan fingerprint density at radius 3 is 2.27 bits per heavy atom. The molecule has 22 heavy (non-hydrogen) atoms. The van der Waals surface area contributed by atoms with Gasteiger partial charge in [-0.3, -0.25) is 4.90 Å². The van der Waals surface area contributed by atoms with Gasteiger partial charge in [-0.15, -0.1) is 0 Å². The van der Waals surface area contributed by atoms with E-state index in [0.29, 0.717) is 5.75 Å². The van der Waals surface area contributed by atoms with Gasteiger partial charge in [-0.1, -0.05) is 18.2 Å². The maximum Gasteiger partial charge on any atom is 0.411 e. The number of aliphatic carboxylic acids is 1. The molecule has 6 heteroatoms. The number of carboxylic acids is 1. The van der Waals surface area contributed by atoms with Gasteiger partial charge in [-0.2, -0.15) is 0 Å². The van der Waals surface area contributed by atoms with Gasteiger partial charge in [-0.05, 0) is 39.8 Å². The van der Waals surface area contributed by atoms with Crippen molar-refractivity contribution in [3.05, 3.63) is 30.3 Å². The number of carboxylic acid groups (broad SMARTS) is 1. The Morgan fingerprint density at radius 2 is 1.82 bits per heavy atom. The van der Waals surface area contributed by atoms with Crippen molar-refractivity contribution in [2.45, 2.75) is 39.3 Å². The van der Waals surface area contributed by atoms with Crippen LogP contribution in [-0.2, 0) is 9.53 Å². The minimum Gasteiger partial charge on any atom is -0.491 e. The summed E-state index contributed by atoms with van der Waals surface area (Å²) in [4.78, 5) is 24.7. The van der Waals surface area contributed by atoms with Crippen molar-refractivity contribution < 1.29 is 24.2 Å². The molecule has 0 aliphatic rings. The third-order valence-electron chi connectivity index (χ3n) is 2.78. The molecule has 1 atom stereocenters. The number of hydrogen-bond donors (Lipinski definition) is 1. The average molecular weight is 309 g/mol. The Hall–Kier alpha value is -2.24. The van der Waals surface area contributed by atoms with Crippen LogP contribution in [0.1, 0.15) is 27.7 Å². The summed E-state index contributed by atoms with van der Waals surface area (Å²) < 4.78 is 10.7. The number of likely N-dealkylation sites (N-methyl/N-ethyl adjacent to an activating group) is 1. The van der Waals surface area contributed by atoms with Crippen molar-refractivity contribution in [1.29, 1.82) is 0 Å². The number of ether oxygens (including phenoxy) is 2. The third-order valence-corrected chi connectivity index (χ3v) is 2.78. The summed E-state index contributed by atoms with van der Waals surface area (Å²) in [6.07, 6.45) is -0.668. The van der Waals surface area contributed by atoms with E-state index in [-0.39, 0.29) is 13.2 Å². The molecule has 1 N–H and O–H groups in total. The lowest BCUT2D eigenvalue weighted by atomic mass is 10.2. The van der Waals surface area contributed by atoms with Crippen LogP contribution in [0.4, 0.5) is 4.79 Å². The molecule has 1 amide bonds. The second-order valence-corrected chi connectivity index (χ2v) is 5.74. The van der Waals surface area contributed by atoms with Crippen molar-refractivity contribution in [2.75, 3.05) is 13.2 Å². The first-order chi connectivity index (χ1) is 10.2. The number of nitrogens with zero attached hydrogens (tertiary/aromatic N) is 1. The second kappa shape index (κ2) is 7.68. The Balaban J connectivity index is 2.78. The van der Waals surface area contributed by atoms with Gasteiger partial charge in [0.05, 0.1) is 0 Å². The van der Waals surface area contributed by atoms with Crippen molar-refractivity contribution in [1.82, 2.24) is 4.90 Å². The number of amides is 1. The molecule has 0 unspecified atom stereocenters. The van der Waals surface area contributed by atoms with Gasteiger partial charge in [0.25, 0.3) is 0 Å². The highest BCUT2D eigenvalue weighted by Gasteiger charge is 2.32. The maximum atomic E-state index is 12.1. The maximum absolute atomic E-state index is 12.1. The van der Waals surface area contributed by atoms with Crippen molar-refractivity contribution in [2.24, 2.45) is 0 Å². The molecule has 0 spiro atoms. The van der Waals surface area contributed by atoms with E-state index >= 15 is 0 Å². The molecule has 1 aromatic carbocycles. The van der Waals surface area contributed by atoms with Crippen molar-refractivity contribution >= 4 is 12.1 Å². The smallest absolute Gasteiger partial charge is 0.411 e. The van der Waals surface area contributed by atoms with Gasteiger partial charge in [0.2, 0.25) is 0 Å². The minimum absolute atomic E-state index is 0.146. The Kier molecular flexibility index (Phi) is 6.22. The number of hydrogen-bond acceptors (Lipinski definition) is 4. The quantitative estimate of drug-likeness (QED) is 0.874. The topological polar surface area (TPSA) is 76.1 Å². The van der Waals surface area contributed by atoms with E-state index in [9.17, 15) is 14.7 Å². The van der Waals surface area contributed by atoms with E-state index in [4.69, 9.17) is 9.47 Å². The summed E-state index contributed by atoms with van der Waals surface area (Å²) >= 11 is 0. The molecule has 0 bridgehead atoms. The van der Waals surface area contributed by atoms with Crippen LogP contribution in [0.2, 0.25) is 0 Å². The monoisotopic (exact) mass is 309 g/mol. The summed E-state index contributed by atoms with van der Waals surface area (Å²) in [6, 6.07) is 7.75. The van der Waals surface area contributed by atoms with E-state index in [1.54, 1.807) is 52.0 Å². The lowest BCUT2D eigenvalue weighted by molar-refractivity contribution is -0.144. The molecule has 0 fully saturated rings. The fourth-order valence-corrected chi connectivity index (χ4v) is 1.78. The van der Waals surface area contributed by atoms with Gasteiger partial charge < -0.3 is 14.6 Å². The molecule has 6 nitrogen and oxygen atoms in total. The van der Waals surface area contributed by atoms with Crippen molar-refractivity contribution in [3.8, 4) is 5.75 Å². The highest BCUT2D eigenvalue weighted by atomic mass is 16.6. The molecule has 0 aliphatic carbocycles. The first-order valence-electron chi connectivity index (χ1n) is 7.15. The average Bonchev–Trinajstić information content (AvgIpc) is 2.42. The number of rotatable bonds is 6. The number of benzene rings is 1. The molecule has 0 saturated heterocycles. The fraction of sp³-hybridized carbons (Fsp3) is 0.500. The summed E-state index contributed by atoms with van der Waals surface area (Å²) in [5.41, 5.74) is -0.687. The number of carbonyl (C=O) groups excluding carboxylic acids is 1. The summed E-state index contributed by atoms with van der Waals surface area (Å²) in [7, 11) is 0. The zero-order valence-corrected chi connectivity index (χ0v) is 13.4. The third kappa shape index (κ3) is 5.63. The zero-order valence-electron chi connectivity index (χ0n) is 13.4. The molecule has 0 radical (unpaired) electrons. The Labute approximate surface area is 130 Å². The Bertz CT molecular complexity index is 495. The number of carbonyl (C=O) groups is 2. The van der Waals surface area contributed by atoms with Gasteiger partial charge in [0, 0.05) is 6.54 Å². The highest BCUT2D eigenvalue weighted by Crippen LogP contribution is 2.14. The normalized spacial score (nSPS) is 12.4. The molecule has 1 rings (SSSR count). The summed E-state index contributed by atoms with van der Waals surface area (Å²) in [6.45, 7) is 6.96. The van der Waals surface area contributed by atoms with Gasteiger partial charge in [-0.25, -0.2) is 9.59 Å². The fourth-order valence-electron chi connectivity index (χ4n) is 1.78. The highest BCUT2D eigenvalue weighted by molar-refractivity contribution is 5.80. The Morgan fingerprint density at radius 1 is 1.23 bits per heavy atom. The zero-order chi connectivity index (χ0) is 16.8. The lowest BCUT2D eigenvalue weighted by Gasteiger charge is -2.30. The molecular weight excluding hydrogens is 286 g/mol. The summed E-state index contributed by atoms with van der Waals surface area (Å²) in [5.74, 6) is -0.586. The molecule has 0 aromatic heterocycles. The standard InChI is InChI=1S/C16H23NO5/c1-5-17(15(20)22-16(2,3)4)13(14(18)19)11-21-12-9-7-6-8-10-12/h6-10,13H,5,11H2,1-4H3,(H,18,19)/t13-/m0/s1. The van der Waals surface area contributed by atoms with Crippen molar-refractivity contribution in [3.63, 3.8) is 0 Å². The SMILES string of the molecule is CCN(C(=O)OC(C)(C)C)[C@@H](COc1ccccc1)C(=O)O. The molecule has 0 saturated carbocycles. The molecular formula is C16H23NO5. The largest absolute Gasteiger partial charge is 0.491 e. The van der Waals surface area contributed by atoms with Gasteiger partial charge >= 0.3 is 12.1 Å². The molecule has 0 heterocycles. The van der Waals surface area contributed by atoms with E-state index in [1.165, 1.54) is 0 Å². The van der Waals surface area contributed by atoms with Crippen LogP contribution in [0.25, 0.3) is 0 Å². The molecule has 1 aromatic rings. The van der Waals surface area contributed by atoms with E-state index in [1.807, 2.05) is 6.07 Å².